The van der Waals surface area contributed by atoms with Crippen molar-refractivity contribution in [1.82, 2.24) is 5.32 Å². The van der Waals surface area contributed by atoms with E-state index in [0.717, 1.165) is 9.13 Å². The first-order valence-electron chi connectivity index (χ1n) is 6.18. The van der Waals surface area contributed by atoms with Crippen molar-refractivity contribution in [3.63, 3.8) is 0 Å². The van der Waals surface area contributed by atoms with Gasteiger partial charge in [-0.05, 0) is 47.2 Å². The fourth-order valence-corrected chi connectivity index (χ4v) is 3.13. The standard InChI is InChI=1S/C13H14IN3O3S/c1-3-20-10-5-8(4-9(14)12(10)19-2)6-15-17-13-16-11(18)7-21-13/h4-6H,3,7H2,1-2H3,(H,16,17,18). The van der Waals surface area contributed by atoms with Crippen LogP contribution in [0.5, 0.6) is 11.5 Å². The number of rotatable bonds is 5. The van der Waals surface area contributed by atoms with Gasteiger partial charge in [0.25, 0.3) is 0 Å². The predicted octanol–water partition coefficient (Wildman–Crippen LogP) is 2.25. The molecule has 1 heterocycles. The zero-order valence-electron chi connectivity index (χ0n) is 11.6. The lowest BCUT2D eigenvalue weighted by atomic mass is 10.2. The molecule has 112 valence electrons. The molecule has 1 aromatic carbocycles. The Kier molecular flexibility index (Phi) is 5.85. The molecule has 1 aliphatic rings. The van der Waals surface area contributed by atoms with Gasteiger partial charge in [-0.25, -0.2) is 0 Å². The molecule has 1 amide bonds. The highest BCUT2D eigenvalue weighted by atomic mass is 127. The minimum atomic E-state index is -0.0495. The second kappa shape index (κ2) is 7.64. The smallest absolute Gasteiger partial charge is 0.236 e. The molecule has 0 unspecified atom stereocenters. The molecule has 8 heteroatoms. The number of carbonyl (C=O) groups excluding carboxylic acids is 1. The molecule has 0 bridgehead atoms. The molecule has 0 saturated carbocycles. The molecule has 0 atom stereocenters. The Hall–Kier alpha value is -1.29. The van der Waals surface area contributed by atoms with E-state index in [1.807, 2.05) is 19.1 Å². The van der Waals surface area contributed by atoms with Crippen molar-refractivity contribution in [3.05, 3.63) is 21.3 Å². The van der Waals surface area contributed by atoms with Crippen LogP contribution < -0.4 is 14.8 Å². The van der Waals surface area contributed by atoms with Crippen LogP contribution in [0.1, 0.15) is 12.5 Å². The molecule has 1 aromatic rings. The zero-order valence-corrected chi connectivity index (χ0v) is 14.5. The van der Waals surface area contributed by atoms with E-state index in [0.29, 0.717) is 29.0 Å². The summed E-state index contributed by atoms with van der Waals surface area (Å²) >= 11 is 3.52. The zero-order chi connectivity index (χ0) is 15.2. The van der Waals surface area contributed by atoms with Gasteiger partial charge in [-0.15, -0.1) is 5.10 Å². The summed E-state index contributed by atoms with van der Waals surface area (Å²) in [6.45, 7) is 2.47. The largest absolute Gasteiger partial charge is 0.492 e. The fourth-order valence-electron chi connectivity index (χ4n) is 1.65. The number of carbonyl (C=O) groups is 1. The number of hydrogen-bond donors (Lipinski definition) is 1. The molecule has 21 heavy (non-hydrogen) atoms. The lowest BCUT2D eigenvalue weighted by Crippen LogP contribution is -2.19. The number of halogens is 1. The summed E-state index contributed by atoms with van der Waals surface area (Å²) in [7, 11) is 1.61. The second-order valence-corrected chi connectivity index (χ2v) is 6.08. The van der Waals surface area contributed by atoms with Crippen LogP contribution in [0, 0.1) is 3.57 Å². The molecule has 1 N–H and O–H groups in total. The highest BCUT2D eigenvalue weighted by Gasteiger charge is 2.16. The summed E-state index contributed by atoms with van der Waals surface area (Å²) in [6, 6.07) is 3.76. The topological polar surface area (TPSA) is 72.3 Å². The lowest BCUT2D eigenvalue weighted by molar-refractivity contribution is -0.116. The SMILES string of the molecule is CCOc1cc(C=NN=C2NC(=O)CS2)cc(I)c1OC. The van der Waals surface area contributed by atoms with Gasteiger partial charge in [0.05, 0.1) is 29.3 Å². The molecule has 0 aromatic heterocycles. The van der Waals surface area contributed by atoms with Gasteiger partial charge in [0.1, 0.15) is 0 Å². The van der Waals surface area contributed by atoms with Crippen LogP contribution in [0.15, 0.2) is 22.3 Å². The Labute approximate surface area is 140 Å². The predicted molar refractivity (Wildman–Crippen MR) is 92.5 cm³/mol. The number of methoxy groups -OCH3 is 1. The first-order chi connectivity index (χ1) is 10.1. The van der Waals surface area contributed by atoms with Gasteiger partial charge in [0.2, 0.25) is 5.91 Å². The molecular weight excluding hydrogens is 405 g/mol. The van der Waals surface area contributed by atoms with E-state index in [9.17, 15) is 4.79 Å². The molecule has 0 aliphatic carbocycles. The molecule has 0 spiro atoms. The summed E-state index contributed by atoms with van der Waals surface area (Å²) in [5, 5.41) is 11.1. The highest BCUT2D eigenvalue weighted by molar-refractivity contribution is 14.1. The third-order valence-electron chi connectivity index (χ3n) is 2.48. The Balaban J connectivity index is 2.18. The third-order valence-corrected chi connectivity index (χ3v) is 4.14. The van der Waals surface area contributed by atoms with Crippen LogP contribution in [0.3, 0.4) is 0 Å². The van der Waals surface area contributed by atoms with Gasteiger partial charge in [-0.3, -0.25) is 4.79 Å². The van der Waals surface area contributed by atoms with Gasteiger partial charge in [0.15, 0.2) is 16.7 Å². The van der Waals surface area contributed by atoms with Crippen molar-refractivity contribution >= 4 is 51.6 Å². The van der Waals surface area contributed by atoms with Crippen LogP contribution in [0.2, 0.25) is 0 Å². The van der Waals surface area contributed by atoms with E-state index in [2.05, 4.69) is 38.1 Å². The van der Waals surface area contributed by atoms with Crippen LogP contribution in [-0.4, -0.2) is 36.8 Å². The average Bonchev–Trinajstić information content (AvgIpc) is 2.85. The number of nitrogens with one attached hydrogen (secondary N) is 1. The Morgan fingerprint density at radius 3 is 2.95 bits per heavy atom. The maximum atomic E-state index is 11.0. The number of thioether (sulfide) groups is 1. The minimum Gasteiger partial charge on any atom is -0.492 e. The van der Waals surface area contributed by atoms with E-state index in [1.165, 1.54) is 11.8 Å². The van der Waals surface area contributed by atoms with Gasteiger partial charge < -0.3 is 14.8 Å². The number of nitrogens with zero attached hydrogens (tertiary/aromatic N) is 2. The van der Waals surface area contributed by atoms with Crippen LogP contribution in [-0.2, 0) is 4.79 Å². The molecule has 1 saturated heterocycles. The summed E-state index contributed by atoms with van der Waals surface area (Å²) in [5.41, 5.74) is 0.849. The van der Waals surface area contributed by atoms with Crippen LogP contribution in [0.25, 0.3) is 0 Å². The van der Waals surface area contributed by atoms with Gasteiger partial charge in [-0.2, -0.15) is 5.10 Å². The normalized spacial score (nSPS) is 16.5. The highest BCUT2D eigenvalue weighted by Crippen LogP contribution is 2.33. The van der Waals surface area contributed by atoms with E-state index in [-0.39, 0.29) is 5.91 Å². The van der Waals surface area contributed by atoms with Crippen molar-refractivity contribution in [3.8, 4) is 11.5 Å². The monoisotopic (exact) mass is 419 g/mol. The number of hydrogen-bond acceptors (Lipinski definition) is 6. The van der Waals surface area contributed by atoms with Crippen LogP contribution >= 0.6 is 34.4 Å². The van der Waals surface area contributed by atoms with Crippen molar-refractivity contribution in [2.75, 3.05) is 19.5 Å². The summed E-state index contributed by atoms with van der Waals surface area (Å²) in [6.07, 6.45) is 1.61. The summed E-state index contributed by atoms with van der Waals surface area (Å²) in [5.74, 6) is 1.72. The molecule has 1 fully saturated rings. The number of ether oxygens (including phenoxy) is 2. The Morgan fingerprint density at radius 1 is 1.52 bits per heavy atom. The number of benzene rings is 1. The molecule has 1 aliphatic heterocycles. The van der Waals surface area contributed by atoms with Crippen molar-refractivity contribution in [1.29, 1.82) is 0 Å². The Bertz CT molecular complexity index is 605. The lowest BCUT2D eigenvalue weighted by Gasteiger charge is -2.11. The van der Waals surface area contributed by atoms with E-state index < -0.39 is 0 Å². The minimum absolute atomic E-state index is 0.0495. The first kappa shape index (κ1) is 16.1. The summed E-state index contributed by atoms with van der Waals surface area (Å²) < 4.78 is 11.8. The fraction of sp³-hybridized carbons (Fsp3) is 0.308. The third kappa shape index (κ3) is 4.34. The van der Waals surface area contributed by atoms with E-state index in [4.69, 9.17) is 9.47 Å². The second-order valence-electron chi connectivity index (χ2n) is 3.95. The number of amidine groups is 1. The quantitative estimate of drug-likeness (QED) is 0.452. The van der Waals surface area contributed by atoms with Crippen LogP contribution in [0.4, 0.5) is 0 Å². The van der Waals surface area contributed by atoms with Gasteiger partial charge >= 0.3 is 0 Å². The van der Waals surface area contributed by atoms with E-state index >= 15 is 0 Å². The van der Waals surface area contributed by atoms with Crippen molar-refractivity contribution < 1.29 is 14.3 Å². The first-order valence-corrected chi connectivity index (χ1v) is 8.24. The molecular formula is C13H14IN3O3S. The van der Waals surface area contributed by atoms with Crippen molar-refractivity contribution in [2.24, 2.45) is 10.2 Å². The number of amides is 1. The van der Waals surface area contributed by atoms with Gasteiger partial charge in [0, 0.05) is 0 Å². The molecule has 6 nitrogen and oxygen atoms in total. The average molecular weight is 419 g/mol. The maximum absolute atomic E-state index is 11.0. The Morgan fingerprint density at radius 2 is 2.33 bits per heavy atom. The van der Waals surface area contributed by atoms with E-state index in [1.54, 1.807) is 13.3 Å². The summed E-state index contributed by atoms with van der Waals surface area (Å²) in [4.78, 5) is 11.0. The van der Waals surface area contributed by atoms with Gasteiger partial charge in [-0.1, -0.05) is 11.8 Å². The molecule has 2 rings (SSSR count). The van der Waals surface area contributed by atoms with Crippen molar-refractivity contribution in [2.45, 2.75) is 6.92 Å². The molecule has 0 radical (unpaired) electrons. The maximum Gasteiger partial charge on any atom is 0.236 e.